The van der Waals surface area contributed by atoms with Crippen molar-refractivity contribution >= 4 is 10.9 Å². The van der Waals surface area contributed by atoms with E-state index in [2.05, 4.69) is 9.97 Å². The lowest BCUT2D eigenvalue weighted by molar-refractivity contribution is 0.591. The SMILES string of the molecule is O=c1[nH]c(-c2ccccc2)nc2cc(F)cc(F)c12. The van der Waals surface area contributed by atoms with Gasteiger partial charge in [-0.1, -0.05) is 30.3 Å². The van der Waals surface area contributed by atoms with Crippen molar-refractivity contribution in [2.24, 2.45) is 0 Å². The standard InChI is InChI=1S/C14H8F2N2O/c15-9-6-10(16)12-11(7-9)17-13(18-14(12)19)8-4-2-1-3-5-8/h1-7H,(H,17,18,19). The fourth-order valence-electron chi connectivity index (χ4n) is 1.92. The van der Waals surface area contributed by atoms with Gasteiger partial charge in [0.15, 0.2) is 0 Å². The van der Waals surface area contributed by atoms with Crippen LogP contribution in [0.3, 0.4) is 0 Å². The summed E-state index contributed by atoms with van der Waals surface area (Å²) in [4.78, 5) is 18.4. The van der Waals surface area contributed by atoms with E-state index in [0.29, 0.717) is 11.6 Å². The van der Waals surface area contributed by atoms with Crippen molar-refractivity contribution in [2.45, 2.75) is 0 Å². The monoisotopic (exact) mass is 258 g/mol. The van der Waals surface area contributed by atoms with Gasteiger partial charge in [-0.25, -0.2) is 13.8 Å². The van der Waals surface area contributed by atoms with Crippen molar-refractivity contribution in [3.63, 3.8) is 0 Å². The van der Waals surface area contributed by atoms with Gasteiger partial charge in [-0.05, 0) is 0 Å². The number of rotatable bonds is 1. The van der Waals surface area contributed by atoms with Crippen LogP contribution in [0.25, 0.3) is 22.3 Å². The third kappa shape index (κ3) is 1.99. The highest BCUT2D eigenvalue weighted by Crippen LogP contribution is 2.18. The Morgan fingerprint density at radius 2 is 1.79 bits per heavy atom. The highest BCUT2D eigenvalue weighted by atomic mass is 19.1. The molecule has 0 atom stereocenters. The Balaban J connectivity index is 2.34. The van der Waals surface area contributed by atoms with E-state index < -0.39 is 17.2 Å². The summed E-state index contributed by atoms with van der Waals surface area (Å²) >= 11 is 0. The average molecular weight is 258 g/mol. The van der Waals surface area contributed by atoms with Gasteiger partial charge in [0, 0.05) is 17.7 Å². The topological polar surface area (TPSA) is 45.8 Å². The van der Waals surface area contributed by atoms with E-state index >= 15 is 0 Å². The molecule has 94 valence electrons. The smallest absolute Gasteiger partial charge is 0.262 e. The second-order valence-electron chi connectivity index (χ2n) is 4.06. The van der Waals surface area contributed by atoms with Crippen LogP contribution in [0.4, 0.5) is 8.78 Å². The first-order valence-electron chi connectivity index (χ1n) is 5.59. The molecule has 3 rings (SSSR count). The van der Waals surface area contributed by atoms with Crippen molar-refractivity contribution in [3.8, 4) is 11.4 Å². The first kappa shape index (κ1) is 11.5. The quantitative estimate of drug-likeness (QED) is 0.729. The number of H-pyrrole nitrogens is 1. The lowest BCUT2D eigenvalue weighted by atomic mass is 10.2. The largest absolute Gasteiger partial charge is 0.306 e. The van der Waals surface area contributed by atoms with Crippen LogP contribution in [-0.2, 0) is 0 Å². The van der Waals surface area contributed by atoms with Gasteiger partial charge in [-0.15, -0.1) is 0 Å². The number of halogens is 2. The lowest BCUT2D eigenvalue weighted by Crippen LogP contribution is -2.11. The molecule has 0 unspecified atom stereocenters. The first-order valence-corrected chi connectivity index (χ1v) is 5.59. The van der Waals surface area contributed by atoms with Crippen LogP contribution >= 0.6 is 0 Å². The molecule has 0 saturated heterocycles. The molecule has 3 aromatic rings. The molecular weight excluding hydrogens is 250 g/mol. The van der Waals surface area contributed by atoms with Crippen molar-refractivity contribution in [3.05, 3.63) is 64.5 Å². The summed E-state index contributed by atoms with van der Waals surface area (Å²) in [5.74, 6) is -1.39. The van der Waals surface area contributed by atoms with Crippen LogP contribution in [0.2, 0.25) is 0 Å². The summed E-state index contributed by atoms with van der Waals surface area (Å²) in [5.41, 5.74) is 0.0487. The minimum atomic E-state index is -0.914. The van der Waals surface area contributed by atoms with E-state index in [1.165, 1.54) is 0 Å². The number of fused-ring (bicyclic) bond motifs is 1. The van der Waals surface area contributed by atoms with Crippen molar-refractivity contribution in [1.82, 2.24) is 9.97 Å². The third-order valence-electron chi connectivity index (χ3n) is 2.77. The number of nitrogens with one attached hydrogen (secondary N) is 1. The summed E-state index contributed by atoms with van der Waals surface area (Å²) < 4.78 is 26.7. The highest BCUT2D eigenvalue weighted by molar-refractivity contribution is 5.80. The van der Waals surface area contributed by atoms with Gasteiger partial charge >= 0.3 is 0 Å². The van der Waals surface area contributed by atoms with Crippen molar-refractivity contribution < 1.29 is 8.78 Å². The van der Waals surface area contributed by atoms with Gasteiger partial charge in [0.1, 0.15) is 22.8 Å². The second-order valence-corrected chi connectivity index (χ2v) is 4.06. The van der Waals surface area contributed by atoms with Crippen LogP contribution in [-0.4, -0.2) is 9.97 Å². The molecule has 1 heterocycles. The highest BCUT2D eigenvalue weighted by Gasteiger charge is 2.11. The van der Waals surface area contributed by atoms with Gasteiger partial charge < -0.3 is 4.98 Å². The summed E-state index contributed by atoms with van der Waals surface area (Å²) in [6, 6.07) is 10.6. The Morgan fingerprint density at radius 3 is 2.53 bits per heavy atom. The predicted octanol–water partition coefficient (Wildman–Crippen LogP) is 2.87. The maximum Gasteiger partial charge on any atom is 0.262 e. The number of hydrogen-bond donors (Lipinski definition) is 1. The Hall–Kier alpha value is -2.56. The Kier molecular flexibility index (Phi) is 2.59. The molecule has 0 amide bonds. The molecule has 0 aliphatic rings. The van der Waals surface area contributed by atoms with E-state index in [4.69, 9.17) is 0 Å². The molecule has 0 saturated carbocycles. The molecule has 3 nitrogen and oxygen atoms in total. The first-order chi connectivity index (χ1) is 9.15. The van der Waals surface area contributed by atoms with Crippen LogP contribution in [0, 0.1) is 11.6 Å². The van der Waals surface area contributed by atoms with Gasteiger partial charge in [0.25, 0.3) is 5.56 Å². The Bertz CT molecular complexity index is 813. The summed E-state index contributed by atoms with van der Waals surface area (Å²) in [5, 5.41) is -0.235. The van der Waals surface area contributed by atoms with Gasteiger partial charge in [-0.2, -0.15) is 0 Å². The second kappa shape index (κ2) is 4.28. The zero-order chi connectivity index (χ0) is 13.4. The summed E-state index contributed by atoms with van der Waals surface area (Å²) in [7, 11) is 0. The molecule has 0 fully saturated rings. The molecule has 0 radical (unpaired) electrons. The minimum Gasteiger partial charge on any atom is -0.306 e. The molecule has 5 heteroatoms. The van der Waals surface area contributed by atoms with Crippen molar-refractivity contribution in [2.75, 3.05) is 0 Å². The van der Waals surface area contributed by atoms with E-state index in [1.54, 1.807) is 24.3 Å². The zero-order valence-corrected chi connectivity index (χ0v) is 9.65. The third-order valence-corrected chi connectivity index (χ3v) is 2.77. The fraction of sp³-hybridized carbons (Fsp3) is 0. The molecule has 2 aromatic carbocycles. The molecule has 0 bridgehead atoms. The Labute approximate surface area is 106 Å². The zero-order valence-electron chi connectivity index (χ0n) is 9.65. The molecular formula is C14H8F2N2O. The lowest BCUT2D eigenvalue weighted by Gasteiger charge is -2.03. The molecule has 1 N–H and O–H groups in total. The van der Waals surface area contributed by atoms with Crippen LogP contribution in [0.1, 0.15) is 0 Å². The predicted molar refractivity (Wildman–Crippen MR) is 67.7 cm³/mol. The molecule has 0 aliphatic carbocycles. The molecule has 0 aliphatic heterocycles. The maximum absolute atomic E-state index is 13.5. The fourth-order valence-corrected chi connectivity index (χ4v) is 1.92. The minimum absolute atomic E-state index is 0.0000954. The number of benzene rings is 2. The maximum atomic E-state index is 13.5. The van der Waals surface area contributed by atoms with E-state index in [1.807, 2.05) is 6.07 Å². The van der Waals surface area contributed by atoms with E-state index in [0.717, 1.165) is 6.07 Å². The molecule has 1 aromatic heterocycles. The average Bonchev–Trinajstić information content (AvgIpc) is 2.38. The van der Waals surface area contributed by atoms with Gasteiger partial charge in [0.2, 0.25) is 0 Å². The van der Waals surface area contributed by atoms with Gasteiger partial charge in [0.05, 0.1) is 5.52 Å². The summed E-state index contributed by atoms with van der Waals surface area (Å²) in [6.07, 6.45) is 0. The summed E-state index contributed by atoms with van der Waals surface area (Å²) in [6.45, 7) is 0. The number of hydrogen-bond acceptors (Lipinski definition) is 2. The van der Waals surface area contributed by atoms with Crippen LogP contribution in [0.5, 0.6) is 0 Å². The Morgan fingerprint density at radius 1 is 1.05 bits per heavy atom. The van der Waals surface area contributed by atoms with Crippen LogP contribution < -0.4 is 5.56 Å². The van der Waals surface area contributed by atoms with Crippen LogP contribution in [0.15, 0.2) is 47.3 Å². The molecule has 19 heavy (non-hydrogen) atoms. The van der Waals surface area contributed by atoms with E-state index in [9.17, 15) is 13.6 Å². The number of nitrogens with zero attached hydrogens (tertiary/aromatic N) is 1. The number of aromatic amines is 1. The van der Waals surface area contributed by atoms with E-state index in [-0.39, 0.29) is 16.7 Å². The van der Waals surface area contributed by atoms with Gasteiger partial charge in [-0.3, -0.25) is 4.79 Å². The van der Waals surface area contributed by atoms with Crippen molar-refractivity contribution in [1.29, 1.82) is 0 Å². The number of aromatic nitrogens is 2. The normalized spacial score (nSPS) is 10.8. The molecule has 0 spiro atoms.